The van der Waals surface area contributed by atoms with E-state index in [1.54, 1.807) is 0 Å². The summed E-state index contributed by atoms with van der Waals surface area (Å²) in [5, 5.41) is 3.06. The summed E-state index contributed by atoms with van der Waals surface area (Å²) in [5.74, 6) is -1.81. The van der Waals surface area contributed by atoms with Gasteiger partial charge in [0, 0.05) is 30.9 Å². The number of fused-ring (bicyclic) bond motifs is 3. The Morgan fingerprint density at radius 1 is 1.08 bits per heavy atom. The van der Waals surface area contributed by atoms with Crippen molar-refractivity contribution in [3.63, 3.8) is 0 Å². The van der Waals surface area contributed by atoms with Crippen molar-refractivity contribution in [3.05, 3.63) is 64.1 Å². The Morgan fingerprint density at radius 3 is 2.50 bits per heavy atom. The van der Waals surface area contributed by atoms with E-state index in [1.807, 2.05) is 0 Å². The topological polar surface area (TPSA) is 54.3 Å². The molecule has 5 nitrogen and oxygen atoms in total. The van der Waals surface area contributed by atoms with Crippen LogP contribution in [0.3, 0.4) is 0 Å². The molecule has 3 aliphatic heterocycles. The highest BCUT2D eigenvalue weighted by molar-refractivity contribution is 5.94. The summed E-state index contributed by atoms with van der Waals surface area (Å²) >= 11 is 0. The molecule has 2 bridgehead atoms. The number of nitrogens with zero attached hydrogens (tertiary/aromatic N) is 2. The third-order valence-electron chi connectivity index (χ3n) is 5.33. The molecule has 136 valence electrons. The molecular formula is C19H19F2N3O2. The lowest BCUT2D eigenvalue weighted by atomic mass is 9.84. The molecule has 1 aromatic heterocycles. The molecule has 5 rings (SSSR count). The van der Waals surface area contributed by atoms with Crippen molar-refractivity contribution in [3.8, 4) is 5.69 Å². The highest BCUT2D eigenvalue weighted by Crippen LogP contribution is 2.27. The molecule has 1 atom stereocenters. The third kappa shape index (κ3) is 3.14. The van der Waals surface area contributed by atoms with Gasteiger partial charge in [0.2, 0.25) is 0 Å². The molecule has 1 N–H and O–H groups in total. The lowest BCUT2D eigenvalue weighted by Crippen LogP contribution is -2.57. The first-order chi connectivity index (χ1) is 12.5. The molecule has 3 fully saturated rings. The zero-order chi connectivity index (χ0) is 18.3. The Kier molecular flexibility index (Phi) is 4.32. The van der Waals surface area contributed by atoms with Gasteiger partial charge in [0.05, 0.1) is 11.3 Å². The molecule has 1 amide bonds. The second-order valence-corrected chi connectivity index (χ2v) is 6.94. The van der Waals surface area contributed by atoms with E-state index < -0.39 is 17.2 Å². The van der Waals surface area contributed by atoms with Crippen molar-refractivity contribution in [1.82, 2.24) is 14.8 Å². The minimum atomic E-state index is -1.04. The van der Waals surface area contributed by atoms with Crippen molar-refractivity contribution in [2.45, 2.75) is 18.9 Å². The van der Waals surface area contributed by atoms with E-state index in [9.17, 15) is 18.4 Å². The molecule has 1 aromatic carbocycles. The Bertz CT molecular complexity index is 904. The Balaban J connectivity index is 1.58. The number of halogens is 2. The summed E-state index contributed by atoms with van der Waals surface area (Å²) in [5.41, 5.74) is 0.0626. The van der Waals surface area contributed by atoms with Crippen molar-refractivity contribution in [2.24, 2.45) is 5.92 Å². The minimum Gasteiger partial charge on any atom is -0.348 e. The second-order valence-electron chi connectivity index (χ2n) is 6.94. The van der Waals surface area contributed by atoms with Crippen LogP contribution in [0.25, 0.3) is 5.69 Å². The smallest absolute Gasteiger partial charge is 0.255 e. The number of nitrogens with one attached hydrogen (secondary N) is 1. The van der Waals surface area contributed by atoms with Gasteiger partial charge in [-0.25, -0.2) is 8.78 Å². The molecule has 0 saturated carbocycles. The lowest BCUT2D eigenvalue weighted by Gasteiger charge is -2.44. The zero-order valence-electron chi connectivity index (χ0n) is 14.1. The predicted octanol–water partition coefficient (Wildman–Crippen LogP) is 1.94. The van der Waals surface area contributed by atoms with E-state index in [4.69, 9.17) is 0 Å². The van der Waals surface area contributed by atoms with Gasteiger partial charge in [-0.15, -0.1) is 0 Å². The van der Waals surface area contributed by atoms with Crippen molar-refractivity contribution in [1.29, 1.82) is 0 Å². The molecule has 4 heterocycles. The normalized spacial score (nSPS) is 24.5. The summed E-state index contributed by atoms with van der Waals surface area (Å²) in [4.78, 5) is 27.1. The Morgan fingerprint density at radius 2 is 1.85 bits per heavy atom. The fourth-order valence-electron chi connectivity index (χ4n) is 3.84. The molecule has 1 unspecified atom stereocenters. The summed E-state index contributed by atoms with van der Waals surface area (Å²) in [6.07, 6.45) is 3.53. The van der Waals surface area contributed by atoms with Gasteiger partial charge in [0.15, 0.2) is 11.6 Å². The van der Waals surface area contributed by atoms with Gasteiger partial charge in [-0.1, -0.05) is 0 Å². The molecule has 3 saturated heterocycles. The van der Waals surface area contributed by atoms with Crippen molar-refractivity contribution < 1.29 is 13.6 Å². The maximum absolute atomic E-state index is 13.5. The molecule has 2 aromatic rings. The maximum Gasteiger partial charge on any atom is 0.255 e. The summed E-state index contributed by atoms with van der Waals surface area (Å²) < 4.78 is 27.7. The number of carbonyl (C=O) groups is 1. The van der Waals surface area contributed by atoms with Crippen molar-refractivity contribution in [2.75, 3.05) is 19.6 Å². The Labute approximate surface area is 149 Å². The van der Waals surface area contributed by atoms with Crippen LogP contribution in [-0.2, 0) is 0 Å². The number of amides is 1. The summed E-state index contributed by atoms with van der Waals surface area (Å²) in [7, 11) is 0. The number of carbonyl (C=O) groups excluding carboxylic acids is 1. The largest absolute Gasteiger partial charge is 0.348 e. The van der Waals surface area contributed by atoms with E-state index in [-0.39, 0.29) is 17.6 Å². The fourth-order valence-corrected chi connectivity index (χ4v) is 3.84. The van der Waals surface area contributed by atoms with Crippen molar-refractivity contribution >= 4 is 5.91 Å². The molecule has 0 aliphatic carbocycles. The van der Waals surface area contributed by atoms with Gasteiger partial charge in [-0.3, -0.25) is 14.2 Å². The van der Waals surface area contributed by atoms with Gasteiger partial charge in [0.1, 0.15) is 0 Å². The van der Waals surface area contributed by atoms with Crippen LogP contribution in [0.15, 0.2) is 41.3 Å². The van der Waals surface area contributed by atoms with Crippen LogP contribution in [0.2, 0.25) is 0 Å². The van der Waals surface area contributed by atoms with E-state index in [2.05, 4.69) is 10.2 Å². The molecule has 7 heteroatoms. The molecule has 0 spiro atoms. The van der Waals surface area contributed by atoms with Crippen LogP contribution in [0, 0.1) is 17.6 Å². The average Bonchev–Trinajstić information content (AvgIpc) is 2.65. The quantitative estimate of drug-likeness (QED) is 0.911. The van der Waals surface area contributed by atoms with Crippen LogP contribution in [0.1, 0.15) is 23.2 Å². The van der Waals surface area contributed by atoms with Gasteiger partial charge >= 0.3 is 0 Å². The monoisotopic (exact) mass is 359 g/mol. The average molecular weight is 359 g/mol. The molecular weight excluding hydrogens is 340 g/mol. The van der Waals surface area contributed by atoms with Gasteiger partial charge in [-0.2, -0.15) is 0 Å². The van der Waals surface area contributed by atoms with Crippen LogP contribution in [-0.4, -0.2) is 41.1 Å². The van der Waals surface area contributed by atoms with Crippen LogP contribution in [0.4, 0.5) is 8.78 Å². The van der Waals surface area contributed by atoms with Gasteiger partial charge in [0.25, 0.3) is 11.5 Å². The third-order valence-corrected chi connectivity index (χ3v) is 5.33. The first kappa shape index (κ1) is 16.9. The molecule has 3 aliphatic rings. The van der Waals surface area contributed by atoms with Crippen LogP contribution < -0.4 is 10.9 Å². The summed E-state index contributed by atoms with van der Waals surface area (Å²) in [6, 6.07) is 6.01. The Hall–Kier alpha value is -2.54. The number of rotatable bonds is 3. The minimum absolute atomic E-state index is 0.105. The number of piperidine rings is 3. The molecule has 26 heavy (non-hydrogen) atoms. The maximum atomic E-state index is 13.5. The number of benzene rings is 1. The van der Waals surface area contributed by atoms with E-state index in [0.717, 1.165) is 49.2 Å². The number of pyridine rings is 1. The second kappa shape index (κ2) is 6.64. The number of hydrogen-bond acceptors (Lipinski definition) is 3. The first-order valence-corrected chi connectivity index (χ1v) is 8.72. The summed E-state index contributed by atoms with van der Waals surface area (Å²) in [6.45, 7) is 3.01. The van der Waals surface area contributed by atoms with E-state index >= 15 is 0 Å². The van der Waals surface area contributed by atoms with Gasteiger partial charge in [-0.05, 0) is 50.0 Å². The zero-order valence-corrected chi connectivity index (χ0v) is 14.1. The predicted molar refractivity (Wildman–Crippen MR) is 92.4 cm³/mol. The van der Waals surface area contributed by atoms with Gasteiger partial charge < -0.3 is 10.2 Å². The van der Waals surface area contributed by atoms with Crippen LogP contribution in [0.5, 0.6) is 0 Å². The number of aromatic nitrogens is 1. The fraction of sp³-hybridized carbons (Fsp3) is 0.368. The lowest BCUT2D eigenvalue weighted by molar-refractivity contribution is 0.0620. The number of hydrogen-bond donors (Lipinski definition) is 1. The van der Waals surface area contributed by atoms with E-state index in [1.165, 1.54) is 24.4 Å². The molecule has 0 radical (unpaired) electrons. The standard InChI is InChI=1S/C19H19F2N3O2/c20-15-3-2-14(9-16(15)21)24-10-13(1-4-18(24)25)19(26)22-17-11-23-7-5-12(17)6-8-23/h1-4,9-10,12,17H,5-8,11H2,(H,22,26). The first-order valence-electron chi connectivity index (χ1n) is 8.72. The highest BCUT2D eigenvalue weighted by Gasteiger charge is 2.35. The van der Waals surface area contributed by atoms with E-state index in [0.29, 0.717) is 11.5 Å². The SMILES string of the molecule is O=C(NC1CN2CCC1CC2)c1ccc(=O)n(-c2ccc(F)c(F)c2)c1. The highest BCUT2D eigenvalue weighted by atomic mass is 19.2. The van der Waals surface area contributed by atoms with Crippen LogP contribution >= 0.6 is 0 Å².